The molecule has 0 unspecified atom stereocenters. The summed E-state index contributed by atoms with van der Waals surface area (Å²) < 4.78 is 15.3. The van der Waals surface area contributed by atoms with E-state index in [0.29, 0.717) is 12.1 Å². The molecule has 0 fully saturated rings. The van der Waals surface area contributed by atoms with Crippen molar-refractivity contribution in [3.05, 3.63) is 47.3 Å². The average Bonchev–Trinajstić information content (AvgIpc) is 3.03. The minimum atomic E-state index is -0.187. The summed E-state index contributed by atoms with van der Waals surface area (Å²) in [4.78, 5) is 4.55. The molecule has 0 saturated carbocycles. The molecule has 0 bridgehead atoms. The Labute approximate surface area is 165 Å². The molecule has 1 aromatic carbocycles. The third-order valence-electron chi connectivity index (χ3n) is 3.64. The van der Waals surface area contributed by atoms with E-state index in [1.54, 1.807) is 19.3 Å². The van der Waals surface area contributed by atoms with Gasteiger partial charge in [0.2, 0.25) is 0 Å². The van der Waals surface area contributed by atoms with E-state index in [4.69, 9.17) is 0 Å². The van der Waals surface area contributed by atoms with Crippen LogP contribution in [0.4, 0.5) is 4.39 Å². The Balaban J connectivity index is 0.00000312. The fraction of sp³-hybridized carbons (Fsp3) is 0.471. The standard InChI is InChI=1S/C17H25FN6.HI/c1-4-16-23-22-12-24(16)9-8-20-17(19-5-2)21-11-14-6-7-15(18)13(3)10-14;/h6-7,10,12H,4-5,8-9,11H2,1-3H3,(H2,19,20,21);1H. The maximum absolute atomic E-state index is 13.3. The van der Waals surface area contributed by atoms with E-state index >= 15 is 0 Å². The van der Waals surface area contributed by atoms with E-state index in [1.165, 1.54) is 6.07 Å². The maximum Gasteiger partial charge on any atom is 0.191 e. The third kappa shape index (κ3) is 6.60. The first-order chi connectivity index (χ1) is 11.6. The average molecular weight is 460 g/mol. The van der Waals surface area contributed by atoms with Crippen molar-refractivity contribution in [1.29, 1.82) is 0 Å². The normalized spacial score (nSPS) is 11.1. The maximum atomic E-state index is 13.3. The summed E-state index contributed by atoms with van der Waals surface area (Å²) in [5.74, 6) is 1.53. The topological polar surface area (TPSA) is 67.1 Å². The van der Waals surface area contributed by atoms with Gasteiger partial charge in [0.1, 0.15) is 18.0 Å². The van der Waals surface area contributed by atoms with Gasteiger partial charge in [-0.2, -0.15) is 0 Å². The van der Waals surface area contributed by atoms with Gasteiger partial charge >= 0.3 is 0 Å². The SMILES string of the molecule is CCNC(=NCc1ccc(F)c(C)c1)NCCn1cnnc1CC.I. The monoisotopic (exact) mass is 460 g/mol. The molecule has 0 atom stereocenters. The molecule has 2 aromatic rings. The van der Waals surface area contributed by atoms with Crippen molar-refractivity contribution in [1.82, 2.24) is 25.4 Å². The molecule has 0 aliphatic rings. The highest BCUT2D eigenvalue weighted by Crippen LogP contribution is 2.10. The summed E-state index contributed by atoms with van der Waals surface area (Å²) in [5.41, 5.74) is 1.62. The Hall–Kier alpha value is -1.71. The summed E-state index contributed by atoms with van der Waals surface area (Å²) in [6, 6.07) is 5.08. The first-order valence-electron chi connectivity index (χ1n) is 8.28. The van der Waals surface area contributed by atoms with Gasteiger partial charge in [0.15, 0.2) is 5.96 Å². The smallest absolute Gasteiger partial charge is 0.191 e. The number of aliphatic imine (C=N–C) groups is 1. The van der Waals surface area contributed by atoms with Crippen molar-refractivity contribution in [2.24, 2.45) is 4.99 Å². The zero-order valence-corrected chi connectivity index (χ0v) is 17.3. The first-order valence-corrected chi connectivity index (χ1v) is 8.28. The zero-order chi connectivity index (χ0) is 17.4. The van der Waals surface area contributed by atoms with Gasteiger partial charge in [-0.15, -0.1) is 34.2 Å². The number of benzene rings is 1. The highest BCUT2D eigenvalue weighted by atomic mass is 127. The molecule has 0 saturated heterocycles. The lowest BCUT2D eigenvalue weighted by Gasteiger charge is -2.12. The van der Waals surface area contributed by atoms with Crippen LogP contribution in [0.25, 0.3) is 0 Å². The van der Waals surface area contributed by atoms with Gasteiger partial charge in [0.25, 0.3) is 0 Å². The number of halogens is 2. The number of guanidine groups is 1. The Morgan fingerprint density at radius 2 is 2.08 bits per heavy atom. The van der Waals surface area contributed by atoms with Gasteiger partial charge in [-0.3, -0.25) is 0 Å². The quantitative estimate of drug-likeness (QED) is 0.379. The van der Waals surface area contributed by atoms with Gasteiger partial charge in [-0.25, -0.2) is 9.38 Å². The summed E-state index contributed by atoms with van der Waals surface area (Å²) >= 11 is 0. The molecule has 0 amide bonds. The van der Waals surface area contributed by atoms with E-state index in [-0.39, 0.29) is 29.8 Å². The fourth-order valence-corrected chi connectivity index (χ4v) is 2.35. The minimum Gasteiger partial charge on any atom is -0.357 e. The van der Waals surface area contributed by atoms with E-state index < -0.39 is 0 Å². The molecule has 2 N–H and O–H groups in total. The van der Waals surface area contributed by atoms with E-state index in [2.05, 4.69) is 32.7 Å². The Kier molecular flexibility index (Phi) is 9.40. The van der Waals surface area contributed by atoms with Crippen LogP contribution in [-0.2, 0) is 19.5 Å². The van der Waals surface area contributed by atoms with Crippen LogP contribution >= 0.6 is 24.0 Å². The van der Waals surface area contributed by atoms with Crippen LogP contribution in [-0.4, -0.2) is 33.8 Å². The molecule has 25 heavy (non-hydrogen) atoms. The highest BCUT2D eigenvalue weighted by Gasteiger charge is 2.03. The van der Waals surface area contributed by atoms with Crippen molar-refractivity contribution in [2.45, 2.75) is 40.3 Å². The molecule has 6 nitrogen and oxygen atoms in total. The highest BCUT2D eigenvalue weighted by molar-refractivity contribution is 14.0. The van der Waals surface area contributed by atoms with E-state index in [9.17, 15) is 4.39 Å². The summed E-state index contributed by atoms with van der Waals surface area (Å²) in [6.07, 6.45) is 2.60. The fourth-order valence-electron chi connectivity index (χ4n) is 2.35. The predicted molar refractivity (Wildman–Crippen MR) is 109 cm³/mol. The van der Waals surface area contributed by atoms with Crippen LogP contribution in [0, 0.1) is 12.7 Å². The van der Waals surface area contributed by atoms with Crippen LogP contribution in [0.15, 0.2) is 29.5 Å². The number of aryl methyl sites for hydroxylation is 2. The Morgan fingerprint density at radius 3 is 2.76 bits per heavy atom. The molecule has 138 valence electrons. The van der Waals surface area contributed by atoms with Crippen LogP contribution in [0.1, 0.15) is 30.8 Å². The van der Waals surface area contributed by atoms with Crippen molar-refractivity contribution < 1.29 is 4.39 Å². The molecule has 1 aromatic heterocycles. The molecule has 0 aliphatic carbocycles. The summed E-state index contributed by atoms with van der Waals surface area (Å²) in [7, 11) is 0. The van der Waals surface area contributed by atoms with Crippen molar-refractivity contribution in [3.63, 3.8) is 0 Å². The van der Waals surface area contributed by atoms with Gasteiger partial charge in [-0.1, -0.05) is 19.1 Å². The molecule has 1 heterocycles. The van der Waals surface area contributed by atoms with Gasteiger partial charge in [-0.05, 0) is 31.0 Å². The molecular weight excluding hydrogens is 434 g/mol. The predicted octanol–water partition coefficient (Wildman–Crippen LogP) is 2.66. The molecule has 0 spiro atoms. The van der Waals surface area contributed by atoms with Gasteiger partial charge in [0.05, 0.1) is 6.54 Å². The molecule has 8 heteroatoms. The lowest BCUT2D eigenvalue weighted by molar-refractivity contribution is 0.617. The number of nitrogens with zero attached hydrogens (tertiary/aromatic N) is 4. The van der Waals surface area contributed by atoms with E-state index in [1.807, 2.05) is 17.6 Å². The largest absolute Gasteiger partial charge is 0.357 e. The van der Waals surface area contributed by atoms with Crippen LogP contribution in [0.3, 0.4) is 0 Å². The van der Waals surface area contributed by atoms with Crippen LogP contribution < -0.4 is 10.6 Å². The second-order valence-electron chi connectivity index (χ2n) is 5.50. The number of rotatable bonds is 7. The molecular formula is C17H26FIN6. The third-order valence-corrected chi connectivity index (χ3v) is 3.64. The Bertz CT molecular complexity index is 686. The number of hydrogen-bond acceptors (Lipinski definition) is 3. The molecule has 2 rings (SSSR count). The lowest BCUT2D eigenvalue weighted by Crippen LogP contribution is -2.38. The lowest BCUT2D eigenvalue weighted by atomic mass is 10.1. The number of nitrogens with one attached hydrogen (secondary N) is 2. The zero-order valence-electron chi connectivity index (χ0n) is 14.9. The number of aromatic nitrogens is 3. The molecule has 0 radical (unpaired) electrons. The van der Waals surface area contributed by atoms with Crippen LogP contribution in [0.5, 0.6) is 0 Å². The molecule has 0 aliphatic heterocycles. The Morgan fingerprint density at radius 1 is 1.28 bits per heavy atom. The second kappa shape index (κ2) is 11.0. The van der Waals surface area contributed by atoms with Gasteiger partial charge in [0, 0.05) is 26.1 Å². The van der Waals surface area contributed by atoms with Crippen molar-refractivity contribution in [2.75, 3.05) is 13.1 Å². The van der Waals surface area contributed by atoms with Crippen molar-refractivity contribution >= 4 is 29.9 Å². The van der Waals surface area contributed by atoms with Crippen LogP contribution in [0.2, 0.25) is 0 Å². The first kappa shape index (κ1) is 21.3. The second-order valence-corrected chi connectivity index (χ2v) is 5.50. The number of hydrogen-bond donors (Lipinski definition) is 2. The van der Waals surface area contributed by atoms with E-state index in [0.717, 1.165) is 43.4 Å². The summed E-state index contributed by atoms with van der Waals surface area (Å²) in [5, 5.41) is 14.5. The summed E-state index contributed by atoms with van der Waals surface area (Å²) in [6.45, 7) is 8.62. The van der Waals surface area contributed by atoms with Gasteiger partial charge < -0.3 is 15.2 Å². The van der Waals surface area contributed by atoms with Crippen molar-refractivity contribution in [3.8, 4) is 0 Å². The minimum absolute atomic E-state index is 0.